The Morgan fingerprint density at radius 1 is 1.41 bits per heavy atom. The van der Waals surface area contributed by atoms with E-state index in [9.17, 15) is 9.90 Å². The minimum Gasteiger partial charge on any atom is -0.507 e. The summed E-state index contributed by atoms with van der Waals surface area (Å²) < 4.78 is 1.59. The minimum atomic E-state index is -0.315. The Kier molecular flexibility index (Phi) is 6.10. The van der Waals surface area contributed by atoms with Crippen molar-refractivity contribution in [2.45, 2.75) is 32.2 Å². The van der Waals surface area contributed by atoms with Gasteiger partial charge in [0.1, 0.15) is 5.75 Å². The number of phenolic OH excluding ortho intramolecular Hbond substituents is 1. The lowest BCUT2D eigenvalue weighted by molar-refractivity contribution is 0.474. The second kappa shape index (κ2) is 8.51. The molecule has 1 aliphatic heterocycles. The van der Waals surface area contributed by atoms with E-state index in [1.54, 1.807) is 16.8 Å². The summed E-state index contributed by atoms with van der Waals surface area (Å²) in [5.74, 6) is 0.361. The van der Waals surface area contributed by atoms with E-state index in [4.69, 9.17) is 5.73 Å². The van der Waals surface area contributed by atoms with Gasteiger partial charge in [0.2, 0.25) is 0 Å². The van der Waals surface area contributed by atoms with Crippen molar-refractivity contribution in [1.29, 1.82) is 0 Å². The molecule has 0 spiro atoms. The largest absolute Gasteiger partial charge is 0.507 e. The Bertz CT molecular complexity index is 845. The number of phenols is 1. The summed E-state index contributed by atoms with van der Waals surface area (Å²) in [5, 5.41) is 13.7. The Labute approximate surface area is 158 Å². The molecule has 146 valence electrons. The van der Waals surface area contributed by atoms with Crippen LogP contribution in [-0.4, -0.2) is 40.8 Å². The Morgan fingerprint density at radius 3 is 2.85 bits per heavy atom. The summed E-state index contributed by atoms with van der Waals surface area (Å²) in [6, 6.07) is 5.42. The summed E-state index contributed by atoms with van der Waals surface area (Å²) in [5.41, 5.74) is 14.0. The van der Waals surface area contributed by atoms with Crippen LogP contribution in [0.15, 0.2) is 29.2 Å². The van der Waals surface area contributed by atoms with Gasteiger partial charge >= 0.3 is 0 Å². The molecule has 1 fully saturated rings. The van der Waals surface area contributed by atoms with E-state index in [0.717, 1.165) is 31.6 Å². The van der Waals surface area contributed by atoms with Crippen molar-refractivity contribution in [3.8, 4) is 17.0 Å². The summed E-state index contributed by atoms with van der Waals surface area (Å²) in [4.78, 5) is 16.7. The molecule has 0 radical (unpaired) electrons. The Balaban J connectivity index is 1.97. The van der Waals surface area contributed by atoms with E-state index in [2.05, 4.69) is 28.1 Å². The molecule has 27 heavy (non-hydrogen) atoms. The van der Waals surface area contributed by atoms with E-state index in [-0.39, 0.29) is 23.2 Å². The van der Waals surface area contributed by atoms with Gasteiger partial charge in [0.25, 0.3) is 5.56 Å². The molecule has 0 amide bonds. The molecule has 8 nitrogen and oxygen atoms in total. The Hall–Kier alpha value is -2.42. The highest BCUT2D eigenvalue weighted by molar-refractivity contribution is 5.68. The second-order valence-corrected chi connectivity index (χ2v) is 7.01. The van der Waals surface area contributed by atoms with Crippen LogP contribution in [0.1, 0.15) is 37.8 Å². The first-order valence-electron chi connectivity index (χ1n) is 9.39. The first-order chi connectivity index (χ1) is 13.0. The highest BCUT2D eigenvalue weighted by atomic mass is 16.3. The summed E-state index contributed by atoms with van der Waals surface area (Å²) in [6.45, 7) is 7.23. The molecular weight excluding hydrogens is 344 g/mol. The average molecular weight is 372 g/mol. The van der Waals surface area contributed by atoms with Crippen molar-refractivity contribution < 1.29 is 5.11 Å². The van der Waals surface area contributed by atoms with Crippen LogP contribution in [-0.2, 0) is 0 Å². The predicted molar refractivity (Wildman–Crippen MR) is 107 cm³/mol. The number of aromatic hydroxyl groups is 1. The first-order valence-corrected chi connectivity index (χ1v) is 9.39. The zero-order chi connectivity index (χ0) is 19.4. The topological polar surface area (TPSA) is 117 Å². The number of anilines is 1. The molecule has 1 aromatic carbocycles. The maximum Gasteiger partial charge on any atom is 0.293 e. The third-order valence-electron chi connectivity index (χ3n) is 4.89. The molecule has 1 aromatic heterocycles. The number of rotatable bonds is 7. The van der Waals surface area contributed by atoms with Gasteiger partial charge in [-0.3, -0.25) is 15.6 Å². The van der Waals surface area contributed by atoms with Crippen molar-refractivity contribution >= 4 is 5.82 Å². The zero-order valence-electron chi connectivity index (χ0n) is 15.8. The van der Waals surface area contributed by atoms with Crippen LogP contribution in [0.2, 0.25) is 0 Å². The number of aromatic nitrogens is 2. The van der Waals surface area contributed by atoms with Crippen molar-refractivity contribution in [2.24, 2.45) is 0 Å². The van der Waals surface area contributed by atoms with Gasteiger partial charge in [0.15, 0.2) is 5.82 Å². The third-order valence-corrected chi connectivity index (χ3v) is 4.89. The molecule has 1 unspecified atom stereocenters. The van der Waals surface area contributed by atoms with Gasteiger partial charge in [-0.05, 0) is 37.6 Å². The minimum absolute atomic E-state index is 0.0659. The van der Waals surface area contributed by atoms with Gasteiger partial charge in [-0.2, -0.15) is 0 Å². The molecule has 3 rings (SSSR count). The number of hydrogen-bond acceptors (Lipinski definition) is 7. The van der Waals surface area contributed by atoms with Crippen molar-refractivity contribution in [3.63, 3.8) is 0 Å². The molecule has 2 aromatic rings. The van der Waals surface area contributed by atoms with Gasteiger partial charge in [-0.15, -0.1) is 0 Å². The van der Waals surface area contributed by atoms with E-state index in [0.29, 0.717) is 23.7 Å². The SMILES string of the molecule is CCCNCC(C)n1cc(-c2cc(C3CNNC3)ccc2O)nc(N)c1=O. The van der Waals surface area contributed by atoms with Gasteiger partial charge in [0, 0.05) is 43.4 Å². The molecule has 0 bridgehead atoms. The zero-order valence-corrected chi connectivity index (χ0v) is 15.8. The van der Waals surface area contributed by atoms with Gasteiger partial charge < -0.3 is 20.7 Å². The predicted octanol–water partition coefficient (Wildman–Crippen LogP) is 0.950. The highest BCUT2D eigenvalue weighted by Gasteiger charge is 2.20. The lowest BCUT2D eigenvalue weighted by atomic mass is 9.97. The second-order valence-electron chi connectivity index (χ2n) is 7.01. The highest BCUT2D eigenvalue weighted by Crippen LogP contribution is 2.31. The maximum atomic E-state index is 12.5. The molecule has 8 heteroatoms. The van der Waals surface area contributed by atoms with Crippen LogP contribution in [0.25, 0.3) is 11.3 Å². The fraction of sp³-hybridized carbons (Fsp3) is 0.474. The molecule has 1 atom stereocenters. The van der Waals surface area contributed by atoms with Crippen molar-refractivity contribution in [3.05, 3.63) is 40.3 Å². The lowest BCUT2D eigenvalue weighted by Crippen LogP contribution is -2.32. The standard InChI is InChI=1S/C19H28N6O2/c1-3-6-21-8-12(2)25-11-16(24-18(20)19(25)27)15-7-13(4-5-17(15)26)14-9-22-23-10-14/h4-5,7,11-12,14,21-23,26H,3,6,8-10H2,1-2H3,(H2,20,24). The monoisotopic (exact) mass is 372 g/mol. The number of nitrogen functional groups attached to an aromatic ring is 1. The van der Waals surface area contributed by atoms with Crippen LogP contribution in [0, 0.1) is 0 Å². The summed E-state index contributed by atoms with van der Waals surface area (Å²) in [7, 11) is 0. The summed E-state index contributed by atoms with van der Waals surface area (Å²) in [6.07, 6.45) is 2.71. The number of nitrogens with zero attached hydrogens (tertiary/aromatic N) is 2. The lowest BCUT2D eigenvalue weighted by Gasteiger charge is -2.18. The molecule has 1 saturated heterocycles. The van der Waals surface area contributed by atoms with E-state index in [1.807, 2.05) is 19.1 Å². The quantitative estimate of drug-likeness (QED) is 0.459. The first kappa shape index (κ1) is 19.3. The molecule has 0 aliphatic carbocycles. The number of hydrogen-bond donors (Lipinski definition) is 5. The fourth-order valence-corrected chi connectivity index (χ4v) is 3.28. The number of nitrogens with one attached hydrogen (secondary N) is 3. The third kappa shape index (κ3) is 4.29. The average Bonchev–Trinajstić information content (AvgIpc) is 3.19. The van der Waals surface area contributed by atoms with Crippen molar-refractivity contribution in [1.82, 2.24) is 25.7 Å². The van der Waals surface area contributed by atoms with E-state index < -0.39 is 0 Å². The van der Waals surface area contributed by atoms with Crippen LogP contribution in [0.5, 0.6) is 5.75 Å². The molecule has 1 aliphatic rings. The molecule has 6 N–H and O–H groups in total. The van der Waals surface area contributed by atoms with Crippen LogP contribution >= 0.6 is 0 Å². The van der Waals surface area contributed by atoms with Gasteiger partial charge in [-0.1, -0.05) is 13.0 Å². The van der Waals surface area contributed by atoms with Crippen LogP contribution in [0.3, 0.4) is 0 Å². The Morgan fingerprint density at radius 2 is 2.15 bits per heavy atom. The smallest absolute Gasteiger partial charge is 0.293 e. The summed E-state index contributed by atoms with van der Waals surface area (Å²) >= 11 is 0. The van der Waals surface area contributed by atoms with Crippen LogP contribution in [0.4, 0.5) is 5.82 Å². The van der Waals surface area contributed by atoms with Gasteiger partial charge in [-0.25, -0.2) is 4.98 Å². The maximum absolute atomic E-state index is 12.5. The molecular formula is C19H28N6O2. The fourth-order valence-electron chi connectivity index (χ4n) is 3.28. The van der Waals surface area contributed by atoms with Crippen molar-refractivity contribution in [2.75, 3.05) is 31.9 Å². The van der Waals surface area contributed by atoms with Gasteiger partial charge in [0.05, 0.1) is 5.69 Å². The van der Waals surface area contributed by atoms with E-state index >= 15 is 0 Å². The molecule has 2 heterocycles. The normalized spacial score (nSPS) is 15.9. The number of benzene rings is 1. The molecule has 0 saturated carbocycles. The van der Waals surface area contributed by atoms with Crippen LogP contribution < -0.4 is 27.5 Å². The number of hydrazine groups is 1. The van der Waals surface area contributed by atoms with E-state index in [1.165, 1.54) is 0 Å². The number of nitrogens with two attached hydrogens (primary N) is 1.